The van der Waals surface area contributed by atoms with E-state index in [-0.39, 0.29) is 5.75 Å². The number of allylic oxidation sites excluding steroid dienone is 1. The molecule has 25 heavy (non-hydrogen) atoms. The molecule has 0 fully saturated rings. The second-order valence-corrected chi connectivity index (χ2v) is 7.97. The minimum atomic E-state index is 0.252. The van der Waals surface area contributed by atoms with E-state index in [1.54, 1.807) is 18.6 Å². The van der Waals surface area contributed by atoms with Gasteiger partial charge in [0.25, 0.3) is 0 Å². The lowest BCUT2D eigenvalue weighted by atomic mass is 9.62. The molecule has 131 valence electrons. The van der Waals surface area contributed by atoms with Crippen molar-refractivity contribution >= 4 is 7.28 Å². The van der Waals surface area contributed by atoms with Gasteiger partial charge in [-0.1, -0.05) is 31.5 Å². The first-order valence-electron chi connectivity index (χ1n) is 9.47. The second-order valence-electron chi connectivity index (χ2n) is 7.97. The maximum atomic E-state index is 10.1. The number of hydrogen-bond acceptors (Lipinski definition) is 3. The van der Waals surface area contributed by atoms with E-state index in [1.807, 2.05) is 0 Å². The summed E-state index contributed by atoms with van der Waals surface area (Å²) in [5.41, 5.74) is 7.06. The van der Waals surface area contributed by atoms with Crippen LogP contribution in [0, 0.1) is 5.92 Å². The van der Waals surface area contributed by atoms with Gasteiger partial charge >= 0.3 is 0 Å². The van der Waals surface area contributed by atoms with Gasteiger partial charge in [0, 0.05) is 24.7 Å². The Labute approximate surface area is 151 Å². The van der Waals surface area contributed by atoms with Crippen molar-refractivity contribution < 1.29 is 9.84 Å². The highest BCUT2D eigenvalue weighted by Gasteiger charge is 2.36. The fourth-order valence-corrected chi connectivity index (χ4v) is 4.47. The Morgan fingerprint density at radius 3 is 2.96 bits per heavy atom. The molecule has 1 aromatic carbocycles. The molecule has 1 unspecified atom stereocenters. The highest BCUT2D eigenvalue weighted by atomic mass is 16.5. The molecule has 1 aromatic rings. The predicted molar refractivity (Wildman–Crippen MR) is 102 cm³/mol. The molecule has 0 saturated heterocycles. The normalized spacial score (nSPS) is 22.2. The zero-order chi connectivity index (χ0) is 17.6. The van der Waals surface area contributed by atoms with Crippen molar-refractivity contribution in [1.29, 1.82) is 0 Å². The molecule has 1 radical (unpaired) electrons. The highest BCUT2D eigenvalue weighted by molar-refractivity contribution is 6.55. The number of nitrogens with zero attached hydrogens (tertiary/aromatic N) is 1. The van der Waals surface area contributed by atoms with Crippen LogP contribution in [0.25, 0.3) is 0 Å². The van der Waals surface area contributed by atoms with Crippen LogP contribution in [0.5, 0.6) is 11.5 Å². The Hall–Kier alpha value is -1.68. The Balaban J connectivity index is 1.60. The monoisotopic (exact) mass is 336 g/mol. The first-order valence-corrected chi connectivity index (χ1v) is 9.47. The van der Waals surface area contributed by atoms with E-state index in [9.17, 15) is 5.11 Å². The number of fused-ring (bicyclic) bond motifs is 3. The van der Waals surface area contributed by atoms with E-state index >= 15 is 0 Å². The van der Waals surface area contributed by atoms with E-state index in [2.05, 4.69) is 38.2 Å². The van der Waals surface area contributed by atoms with Crippen molar-refractivity contribution in [2.24, 2.45) is 5.92 Å². The van der Waals surface area contributed by atoms with E-state index in [0.29, 0.717) is 11.8 Å². The van der Waals surface area contributed by atoms with Gasteiger partial charge in [-0.2, -0.15) is 0 Å². The number of hydrogen-bond donors (Lipinski definition) is 1. The maximum absolute atomic E-state index is 10.1. The van der Waals surface area contributed by atoms with Crippen molar-refractivity contribution in [3.63, 3.8) is 0 Å². The molecule has 3 aliphatic heterocycles. The van der Waals surface area contributed by atoms with Crippen LogP contribution >= 0.6 is 0 Å². The molecule has 0 saturated carbocycles. The number of methoxy groups -OCH3 is 1. The lowest BCUT2D eigenvalue weighted by Gasteiger charge is -2.41. The Morgan fingerprint density at radius 2 is 2.20 bits per heavy atom. The van der Waals surface area contributed by atoms with Gasteiger partial charge < -0.3 is 9.84 Å². The molecule has 1 N–H and O–H groups in total. The molecule has 3 aliphatic rings. The number of phenolic OH excluding ortho intramolecular Hbond substituents is 1. The number of benzene rings is 1. The molecule has 0 amide bonds. The first kappa shape index (κ1) is 16.8. The Bertz CT molecular complexity index is 751. The van der Waals surface area contributed by atoms with E-state index in [1.165, 1.54) is 29.5 Å². The van der Waals surface area contributed by atoms with Crippen LogP contribution in [-0.4, -0.2) is 37.0 Å². The molecule has 4 heteroatoms. The fraction of sp³-hybridized carbons (Fsp3) is 0.524. The summed E-state index contributed by atoms with van der Waals surface area (Å²) in [4.78, 5) is 2.55. The van der Waals surface area contributed by atoms with Crippen LogP contribution in [0.15, 0.2) is 34.7 Å². The van der Waals surface area contributed by atoms with Gasteiger partial charge in [0.15, 0.2) is 18.8 Å². The van der Waals surface area contributed by atoms with Crippen LogP contribution in [0.4, 0.5) is 0 Å². The van der Waals surface area contributed by atoms with Gasteiger partial charge in [-0.25, -0.2) is 0 Å². The summed E-state index contributed by atoms with van der Waals surface area (Å²) in [7, 11) is 4.09. The van der Waals surface area contributed by atoms with Crippen LogP contribution in [0.3, 0.4) is 0 Å². The molecule has 4 rings (SSSR count). The van der Waals surface area contributed by atoms with Crippen molar-refractivity contribution in [2.45, 2.75) is 52.1 Å². The average molecular weight is 336 g/mol. The van der Waals surface area contributed by atoms with Gasteiger partial charge in [-0.15, -0.1) is 5.47 Å². The van der Waals surface area contributed by atoms with Crippen molar-refractivity contribution in [1.82, 2.24) is 4.90 Å². The summed E-state index contributed by atoms with van der Waals surface area (Å²) in [6.07, 6.45) is 7.04. The van der Waals surface area contributed by atoms with Gasteiger partial charge in [-0.3, -0.25) is 4.90 Å². The Morgan fingerprint density at radius 1 is 1.36 bits per heavy atom. The third-order valence-electron chi connectivity index (χ3n) is 5.87. The van der Waals surface area contributed by atoms with E-state index < -0.39 is 0 Å². The predicted octanol–water partition coefficient (Wildman–Crippen LogP) is 3.82. The van der Waals surface area contributed by atoms with Crippen LogP contribution in [0.1, 0.15) is 44.2 Å². The summed E-state index contributed by atoms with van der Waals surface area (Å²) < 4.78 is 5.47. The molecule has 3 nitrogen and oxygen atoms in total. The zero-order valence-electron chi connectivity index (χ0n) is 15.5. The summed E-state index contributed by atoms with van der Waals surface area (Å²) in [5, 5.41) is 10.1. The topological polar surface area (TPSA) is 32.7 Å². The minimum absolute atomic E-state index is 0.252. The standard InChI is InChI=1S/C21H27BNO2/c1-13(2)4-6-15-11-16-18(22-15)8-9-23-12-17-14(10-19(16)23)5-7-20(24)21(17)25-3/h5,7,11,13,19,24H,4,6,8-10,12H2,1-3H3. The smallest absolute Gasteiger partial charge is 0.180 e. The largest absolute Gasteiger partial charge is 0.504 e. The maximum Gasteiger partial charge on any atom is 0.180 e. The molecule has 3 heterocycles. The van der Waals surface area contributed by atoms with Crippen molar-refractivity contribution in [2.75, 3.05) is 13.7 Å². The number of rotatable bonds is 4. The summed E-state index contributed by atoms with van der Waals surface area (Å²) in [6.45, 7) is 6.55. The second kappa shape index (κ2) is 6.56. The first-order chi connectivity index (χ1) is 12.1. The highest BCUT2D eigenvalue weighted by Crippen LogP contribution is 2.42. The molecular weight excluding hydrogens is 309 g/mol. The number of aromatic hydroxyl groups is 1. The van der Waals surface area contributed by atoms with Crippen LogP contribution in [-0.2, 0) is 13.0 Å². The van der Waals surface area contributed by atoms with Gasteiger partial charge in [0.2, 0.25) is 0 Å². The molecule has 0 spiro atoms. The van der Waals surface area contributed by atoms with Crippen molar-refractivity contribution in [3.8, 4) is 11.5 Å². The Kier molecular flexibility index (Phi) is 4.41. The summed E-state index contributed by atoms with van der Waals surface area (Å²) in [5.74, 6) is 1.66. The SMILES string of the molecule is COc1c(O)ccc2c1CN1CCC3=C(C=C(CCC(C)C)[B]3)C1C2. The lowest BCUT2D eigenvalue weighted by molar-refractivity contribution is 0.186. The molecule has 0 aliphatic carbocycles. The summed E-state index contributed by atoms with van der Waals surface area (Å²) in [6, 6.07) is 4.32. The van der Waals surface area contributed by atoms with Gasteiger partial charge in [0.05, 0.1) is 7.11 Å². The van der Waals surface area contributed by atoms with E-state index in [4.69, 9.17) is 4.74 Å². The zero-order valence-corrected chi connectivity index (χ0v) is 15.5. The lowest BCUT2D eigenvalue weighted by Crippen LogP contribution is -2.44. The van der Waals surface area contributed by atoms with Gasteiger partial charge in [-0.05, 0) is 48.8 Å². The van der Waals surface area contributed by atoms with E-state index in [0.717, 1.165) is 37.4 Å². The van der Waals surface area contributed by atoms with Crippen LogP contribution in [0.2, 0.25) is 0 Å². The minimum Gasteiger partial charge on any atom is -0.504 e. The third kappa shape index (κ3) is 3.01. The molecule has 0 bridgehead atoms. The third-order valence-corrected chi connectivity index (χ3v) is 5.87. The molecule has 0 aromatic heterocycles. The van der Waals surface area contributed by atoms with Crippen molar-refractivity contribution in [3.05, 3.63) is 45.9 Å². The quantitative estimate of drug-likeness (QED) is 0.849. The molecule has 1 atom stereocenters. The average Bonchev–Trinajstić information content (AvgIpc) is 3.02. The fourth-order valence-electron chi connectivity index (χ4n) is 4.47. The number of ether oxygens (including phenoxy) is 1. The van der Waals surface area contributed by atoms with Gasteiger partial charge in [0.1, 0.15) is 0 Å². The number of phenols is 1. The van der Waals surface area contributed by atoms with Crippen LogP contribution < -0.4 is 4.74 Å². The molecular formula is C21H27BNO2. The summed E-state index contributed by atoms with van der Waals surface area (Å²) >= 11 is 0.